The van der Waals surface area contributed by atoms with Gasteiger partial charge in [0, 0.05) is 0 Å². The number of carbonyl (C=O) groups excluding carboxylic acids is 1. The molecule has 68 valence electrons. The summed E-state index contributed by atoms with van der Waals surface area (Å²) >= 11 is 0. The van der Waals surface area contributed by atoms with E-state index in [-0.39, 0.29) is 12.4 Å². The normalized spacial score (nSPS) is 14.5. The first-order valence-corrected chi connectivity index (χ1v) is 3.15. The topological polar surface area (TPSA) is 72.5 Å². The molecular weight excluding hydrogens is 170 g/mol. The van der Waals surface area contributed by atoms with E-state index in [4.69, 9.17) is 10.8 Å². The van der Waals surface area contributed by atoms with E-state index in [2.05, 4.69) is 4.74 Å². The van der Waals surface area contributed by atoms with Crippen LogP contribution in [0.4, 0.5) is 0 Å². The Labute approximate surface area is 72.1 Å². The molecule has 0 amide bonds. The Hall–Kier alpha value is -0.320. The molecule has 11 heavy (non-hydrogen) atoms. The molecule has 0 saturated heterocycles. The highest BCUT2D eigenvalue weighted by Crippen LogP contribution is 1.96. The summed E-state index contributed by atoms with van der Waals surface area (Å²) in [7, 11) is 1.24. The standard InChI is InChI=1S/C6H13NO3.ClH/c1-3-4(8)5(7)6(9)10-2;/h4-5,8H,3,7H2,1-2H3;1H/t4-,5-;/m0./s1. The first-order chi connectivity index (χ1) is 4.63. The number of rotatable bonds is 3. The average Bonchev–Trinajstić information content (AvgIpc) is 2.00. The fourth-order valence-electron chi connectivity index (χ4n) is 0.547. The van der Waals surface area contributed by atoms with Crippen LogP contribution in [0.25, 0.3) is 0 Å². The van der Waals surface area contributed by atoms with Crippen LogP contribution < -0.4 is 5.73 Å². The Morgan fingerprint density at radius 1 is 1.73 bits per heavy atom. The van der Waals surface area contributed by atoms with Gasteiger partial charge in [-0.05, 0) is 6.42 Å². The van der Waals surface area contributed by atoms with E-state index >= 15 is 0 Å². The van der Waals surface area contributed by atoms with Crippen molar-refractivity contribution < 1.29 is 14.6 Å². The van der Waals surface area contributed by atoms with Crippen molar-refractivity contribution in [1.29, 1.82) is 0 Å². The number of hydrogen-bond acceptors (Lipinski definition) is 4. The van der Waals surface area contributed by atoms with Gasteiger partial charge in [0.2, 0.25) is 0 Å². The number of hydrogen-bond donors (Lipinski definition) is 2. The maximum absolute atomic E-state index is 10.6. The van der Waals surface area contributed by atoms with Gasteiger partial charge >= 0.3 is 5.97 Å². The van der Waals surface area contributed by atoms with Crippen molar-refractivity contribution in [3.05, 3.63) is 0 Å². The highest BCUT2D eigenvalue weighted by Gasteiger charge is 2.20. The Kier molecular flexibility index (Phi) is 7.72. The minimum absolute atomic E-state index is 0. The largest absolute Gasteiger partial charge is 0.468 e. The number of carbonyl (C=O) groups is 1. The fourth-order valence-corrected chi connectivity index (χ4v) is 0.547. The third-order valence-electron chi connectivity index (χ3n) is 1.31. The van der Waals surface area contributed by atoms with Crippen LogP contribution in [0.1, 0.15) is 13.3 Å². The second kappa shape index (κ2) is 6.39. The monoisotopic (exact) mass is 183 g/mol. The third kappa shape index (κ3) is 4.19. The minimum atomic E-state index is -0.907. The number of esters is 1. The summed E-state index contributed by atoms with van der Waals surface area (Å²) in [5.41, 5.74) is 5.26. The molecule has 0 aromatic rings. The van der Waals surface area contributed by atoms with E-state index in [0.29, 0.717) is 6.42 Å². The molecule has 4 nitrogen and oxygen atoms in total. The molecule has 5 heteroatoms. The van der Waals surface area contributed by atoms with Gasteiger partial charge in [0.1, 0.15) is 6.04 Å². The SMILES string of the molecule is CC[C@H](O)[C@H](N)C(=O)OC.Cl. The molecule has 0 radical (unpaired) electrons. The first kappa shape index (κ1) is 13.3. The third-order valence-corrected chi connectivity index (χ3v) is 1.31. The molecule has 3 N–H and O–H groups in total. The lowest BCUT2D eigenvalue weighted by Crippen LogP contribution is -2.42. The zero-order valence-corrected chi connectivity index (χ0v) is 7.43. The number of ether oxygens (including phenoxy) is 1. The summed E-state index contributed by atoms with van der Waals surface area (Å²) in [4.78, 5) is 10.6. The molecule has 0 aliphatic heterocycles. The Bertz CT molecular complexity index is 120. The molecule has 0 aliphatic rings. The molecule has 0 heterocycles. The lowest BCUT2D eigenvalue weighted by Gasteiger charge is -2.13. The fraction of sp³-hybridized carbons (Fsp3) is 0.833. The van der Waals surface area contributed by atoms with Gasteiger partial charge < -0.3 is 15.6 Å². The van der Waals surface area contributed by atoms with Gasteiger partial charge in [0.25, 0.3) is 0 Å². The Morgan fingerprint density at radius 3 is 2.45 bits per heavy atom. The summed E-state index contributed by atoms with van der Waals surface area (Å²) in [5.74, 6) is -0.575. The lowest BCUT2D eigenvalue weighted by molar-refractivity contribution is -0.144. The number of aliphatic hydroxyl groups excluding tert-OH is 1. The summed E-state index contributed by atoms with van der Waals surface area (Å²) in [6, 6.07) is -0.907. The van der Waals surface area contributed by atoms with Crippen molar-refractivity contribution in [2.75, 3.05) is 7.11 Å². The van der Waals surface area contributed by atoms with Crippen LogP contribution in [0.5, 0.6) is 0 Å². The van der Waals surface area contributed by atoms with Gasteiger partial charge in [-0.3, -0.25) is 4.79 Å². The molecule has 0 aliphatic carbocycles. The van der Waals surface area contributed by atoms with Gasteiger partial charge in [-0.15, -0.1) is 12.4 Å². The summed E-state index contributed by atoms with van der Waals surface area (Å²) in [6.45, 7) is 1.74. The number of nitrogens with two attached hydrogens (primary N) is 1. The van der Waals surface area contributed by atoms with E-state index < -0.39 is 18.1 Å². The van der Waals surface area contributed by atoms with Crippen molar-refractivity contribution >= 4 is 18.4 Å². The van der Waals surface area contributed by atoms with Crippen LogP contribution in [-0.4, -0.2) is 30.3 Å². The highest BCUT2D eigenvalue weighted by molar-refractivity contribution is 5.85. The van der Waals surface area contributed by atoms with E-state index in [0.717, 1.165) is 0 Å². The lowest BCUT2D eigenvalue weighted by atomic mass is 10.1. The number of aliphatic hydroxyl groups is 1. The Morgan fingerprint density at radius 2 is 2.18 bits per heavy atom. The molecule has 0 rings (SSSR count). The second-order valence-electron chi connectivity index (χ2n) is 2.02. The molecule has 0 aromatic carbocycles. The first-order valence-electron chi connectivity index (χ1n) is 3.15. The molecule has 0 spiro atoms. The van der Waals surface area contributed by atoms with Crippen LogP contribution >= 0.6 is 12.4 Å². The molecule has 0 fully saturated rings. The van der Waals surface area contributed by atoms with Crippen LogP contribution in [0.2, 0.25) is 0 Å². The summed E-state index contributed by atoms with van der Waals surface area (Å²) in [6.07, 6.45) is -0.344. The quantitative estimate of drug-likeness (QED) is 0.589. The zero-order chi connectivity index (χ0) is 8.15. The smallest absolute Gasteiger partial charge is 0.325 e. The maximum Gasteiger partial charge on any atom is 0.325 e. The molecule has 0 bridgehead atoms. The molecular formula is C6H14ClNO3. The van der Waals surface area contributed by atoms with E-state index in [1.807, 2.05) is 0 Å². The number of halogens is 1. The van der Waals surface area contributed by atoms with Crippen LogP contribution in [0.15, 0.2) is 0 Å². The van der Waals surface area contributed by atoms with Crippen molar-refractivity contribution in [2.24, 2.45) is 5.73 Å². The van der Waals surface area contributed by atoms with Crippen LogP contribution in [0, 0.1) is 0 Å². The molecule has 2 atom stereocenters. The molecule has 0 aromatic heterocycles. The predicted octanol–water partition coefficient (Wildman–Crippen LogP) is -0.321. The van der Waals surface area contributed by atoms with Gasteiger partial charge in [-0.1, -0.05) is 6.92 Å². The summed E-state index contributed by atoms with van der Waals surface area (Å²) in [5, 5.41) is 9.00. The predicted molar refractivity (Wildman–Crippen MR) is 43.5 cm³/mol. The van der Waals surface area contributed by atoms with E-state index in [1.165, 1.54) is 7.11 Å². The van der Waals surface area contributed by atoms with Crippen LogP contribution in [-0.2, 0) is 9.53 Å². The Balaban J connectivity index is 0. The minimum Gasteiger partial charge on any atom is -0.468 e. The van der Waals surface area contributed by atoms with E-state index in [1.54, 1.807) is 6.92 Å². The molecule has 0 saturated carbocycles. The van der Waals surface area contributed by atoms with Gasteiger partial charge in [0.15, 0.2) is 0 Å². The van der Waals surface area contributed by atoms with Crippen LogP contribution in [0.3, 0.4) is 0 Å². The zero-order valence-electron chi connectivity index (χ0n) is 6.61. The van der Waals surface area contributed by atoms with E-state index in [9.17, 15) is 4.79 Å². The summed E-state index contributed by atoms with van der Waals surface area (Å²) < 4.78 is 4.31. The molecule has 0 unspecified atom stereocenters. The van der Waals surface area contributed by atoms with Crippen molar-refractivity contribution in [3.8, 4) is 0 Å². The van der Waals surface area contributed by atoms with Crippen molar-refractivity contribution in [3.63, 3.8) is 0 Å². The van der Waals surface area contributed by atoms with Crippen molar-refractivity contribution in [2.45, 2.75) is 25.5 Å². The van der Waals surface area contributed by atoms with Gasteiger partial charge in [-0.25, -0.2) is 0 Å². The second-order valence-corrected chi connectivity index (χ2v) is 2.02. The van der Waals surface area contributed by atoms with Gasteiger partial charge in [0.05, 0.1) is 13.2 Å². The van der Waals surface area contributed by atoms with Gasteiger partial charge in [-0.2, -0.15) is 0 Å². The maximum atomic E-state index is 10.6. The number of methoxy groups -OCH3 is 1. The average molecular weight is 184 g/mol. The highest BCUT2D eigenvalue weighted by atomic mass is 35.5. The van der Waals surface area contributed by atoms with Crippen molar-refractivity contribution in [1.82, 2.24) is 0 Å².